The highest BCUT2D eigenvalue weighted by atomic mass is 32.1. The number of hydrogen-bond donors (Lipinski definition) is 0. The molecule has 0 aliphatic carbocycles. The maximum Gasteiger partial charge on any atom is 0.246 e. The van der Waals surface area contributed by atoms with Crippen LogP contribution >= 0.6 is 11.3 Å². The minimum Gasteiger partial charge on any atom is -0.479 e. The molecule has 0 unspecified atom stereocenters. The van der Waals surface area contributed by atoms with Gasteiger partial charge >= 0.3 is 0 Å². The van der Waals surface area contributed by atoms with Gasteiger partial charge in [-0.15, -0.1) is 11.3 Å². The normalized spacial score (nSPS) is 10.6. The van der Waals surface area contributed by atoms with E-state index in [4.69, 9.17) is 10.00 Å². The molecule has 0 radical (unpaired) electrons. The summed E-state index contributed by atoms with van der Waals surface area (Å²) in [4.78, 5) is 15.9. The zero-order valence-corrected chi connectivity index (χ0v) is 16.8. The molecule has 0 fully saturated rings. The molecule has 0 atom stereocenters. The summed E-state index contributed by atoms with van der Waals surface area (Å²) >= 11 is 1.66. The van der Waals surface area contributed by atoms with Gasteiger partial charge in [0.25, 0.3) is 0 Å². The smallest absolute Gasteiger partial charge is 0.246 e. The molecule has 4 nitrogen and oxygen atoms in total. The molecule has 0 saturated carbocycles. The van der Waals surface area contributed by atoms with Gasteiger partial charge in [-0.05, 0) is 47.2 Å². The van der Waals surface area contributed by atoms with Crippen LogP contribution < -0.4 is 4.74 Å². The number of hydrogen-bond acceptors (Lipinski definition) is 4. The first-order valence-electron chi connectivity index (χ1n) is 9.38. The van der Waals surface area contributed by atoms with Crippen LogP contribution in [0.2, 0.25) is 0 Å². The predicted molar refractivity (Wildman–Crippen MR) is 116 cm³/mol. The molecule has 0 spiro atoms. The molecule has 3 rings (SSSR count). The van der Waals surface area contributed by atoms with Gasteiger partial charge in [0, 0.05) is 17.5 Å². The minimum absolute atomic E-state index is 0.0147. The van der Waals surface area contributed by atoms with Crippen molar-refractivity contribution in [3.05, 3.63) is 94.2 Å². The summed E-state index contributed by atoms with van der Waals surface area (Å²) in [5.74, 6) is 0.622. The van der Waals surface area contributed by atoms with Gasteiger partial charge in [-0.25, -0.2) is 0 Å². The lowest BCUT2D eigenvalue weighted by molar-refractivity contribution is -0.126. The van der Waals surface area contributed by atoms with Crippen LogP contribution in [0.3, 0.4) is 0 Å². The van der Waals surface area contributed by atoms with Crippen LogP contribution in [0.5, 0.6) is 5.75 Å². The van der Waals surface area contributed by atoms with Gasteiger partial charge in [0.05, 0.1) is 6.54 Å². The van der Waals surface area contributed by atoms with E-state index in [0.717, 1.165) is 12.0 Å². The number of rotatable bonds is 9. The van der Waals surface area contributed by atoms with Crippen molar-refractivity contribution in [2.45, 2.75) is 13.0 Å². The average molecular weight is 403 g/mol. The second kappa shape index (κ2) is 10.8. The molecule has 3 aromatic rings. The number of carbonyl (C=O) groups is 1. The minimum atomic E-state index is -0.0147. The quantitative estimate of drug-likeness (QED) is 0.477. The molecule has 5 heteroatoms. The van der Waals surface area contributed by atoms with E-state index < -0.39 is 0 Å². The Balaban J connectivity index is 1.64. The third-order valence-electron chi connectivity index (χ3n) is 4.35. The molecule has 1 amide bonds. The molecule has 0 saturated heterocycles. The van der Waals surface area contributed by atoms with Crippen molar-refractivity contribution in [1.82, 2.24) is 4.90 Å². The average Bonchev–Trinajstić information content (AvgIpc) is 3.28. The Morgan fingerprint density at radius 2 is 1.86 bits per heavy atom. The zero-order valence-electron chi connectivity index (χ0n) is 16.0. The lowest BCUT2D eigenvalue weighted by atomic mass is 10.1. The number of benzene rings is 2. The topological polar surface area (TPSA) is 53.3 Å². The Kier molecular flexibility index (Phi) is 7.62. The third-order valence-corrected chi connectivity index (χ3v) is 5.21. The summed E-state index contributed by atoms with van der Waals surface area (Å²) in [5.41, 5.74) is 2.12. The van der Waals surface area contributed by atoms with Gasteiger partial charge in [-0.1, -0.05) is 48.5 Å². The Morgan fingerprint density at radius 3 is 2.55 bits per heavy atom. The molecular formula is C24H22N2O2S. The molecule has 1 aromatic heterocycles. The van der Waals surface area contributed by atoms with Crippen molar-refractivity contribution in [3.63, 3.8) is 0 Å². The maximum atomic E-state index is 12.9. The van der Waals surface area contributed by atoms with Crippen LogP contribution in [0.15, 0.2) is 78.2 Å². The first-order chi connectivity index (χ1) is 14.2. The number of nitrogens with zero attached hydrogens (tertiary/aromatic N) is 2. The molecule has 2 aromatic carbocycles. The largest absolute Gasteiger partial charge is 0.479 e. The Morgan fingerprint density at radius 1 is 1.07 bits per heavy atom. The Labute approximate surface area is 175 Å². The van der Waals surface area contributed by atoms with Crippen LogP contribution in [0.1, 0.15) is 16.0 Å². The van der Waals surface area contributed by atoms with E-state index in [1.165, 1.54) is 10.4 Å². The van der Waals surface area contributed by atoms with Gasteiger partial charge in [0.1, 0.15) is 11.8 Å². The van der Waals surface area contributed by atoms with Gasteiger partial charge in [-0.3, -0.25) is 4.79 Å². The molecule has 0 aliphatic rings. The van der Waals surface area contributed by atoms with Gasteiger partial charge in [0.15, 0.2) is 6.61 Å². The first-order valence-corrected chi connectivity index (χ1v) is 10.3. The lowest BCUT2D eigenvalue weighted by Crippen LogP contribution is -2.30. The van der Waals surface area contributed by atoms with Crippen molar-refractivity contribution in [2.75, 3.05) is 13.2 Å². The van der Waals surface area contributed by atoms with Crippen LogP contribution in [-0.2, 0) is 17.8 Å². The van der Waals surface area contributed by atoms with E-state index >= 15 is 0 Å². The van der Waals surface area contributed by atoms with Crippen LogP contribution in [0.4, 0.5) is 0 Å². The Bertz CT molecular complexity index is 958. The van der Waals surface area contributed by atoms with Gasteiger partial charge < -0.3 is 9.64 Å². The molecule has 0 bridgehead atoms. The van der Waals surface area contributed by atoms with Crippen molar-refractivity contribution in [2.24, 2.45) is 0 Å². The monoisotopic (exact) mass is 402 g/mol. The number of nitriles is 1. The second-order valence-corrected chi connectivity index (χ2v) is 7.46. The number of amides is 1. The molecule has 0 aliphatic heterocycles. The SMILES string of the molecule is N#CCOc1ccc(/C=C/C(=O)N(CCc2ccccc2)Cc2cccs2)cc1. The molecule has 146 valence electrons. The maximum absolute atomic E-state index is 12.9. The van der Waals surface area contributed by atoms with Crippen molar-refractivity contribution in [1.29, 1.82) is 5.26 Å². The van der Waals surface area contributed by atoms with Crippen molar-refractivity contribution in [3.8, 4) is 11.8 Å². The van der Waals surface area contributed by atoms with E-state index in [2.05, 4.69) is 18.2 Å². The van der Waals surface area contributed by atoms with Crippen molar-refractivity contribution < 1.29 is 9.53 Å². The number of carbonyl (C=O) groups excluding carboxylic acids is 1. The van der Waals surface area contributed by atoms with E-state index in [1.54, 1.807) is 35.6 Å². The highest BCUT2D eigenvalue weighted by Crippen LogP contribution is 2.15. The summed E-state index contributed by atoms with van der Waals surface area (Å²) in [6, 6.07) is 23.5. The summed E-state index contributed by atoms with van der Waals surface area (Å²) < 4.78 is 5.25. The predicted octanol–water partition coefficient (Wildman–Crippen LogP) is 4.94. The first kappa shape index (κ1) is 20.4. The van der Waals surface area contributed by atoms with Gasteiger partial charge in [0.2, 0.25) is 5.91 Å². The lowest BCUT2D eigenvalue weighted by Gasteiger charge is -2.20. The van der Waals surface area contributed by atoms with Gasteiger partial charge in [-0.2, -0.15) is 5.26 Å². The number of thiophene rings is 1. The van der Waals surface area contributed by atoms with E-state index in [1.807, 2.05) is 52.7 Å². The molecular weight excluding hydrogens is 380 g/mol. The zero-order chi connectivity index (χ0) is 20.3. The van der Waals surface area contributed by atoms with Crippen molar-refractivity contribution >= 4 is 23.3 Å². The third kappa shape index (κ3) is 6.63. The fraction of sp³-hybridized carbons (Fsp3) is 0.167. The molecule has 1 heterocycles. The van der Waals surface area contributed by atoms with Crippen LogP contribution in [-0.4, -0.2) is 24.0 Å². The summed E-state index contributed by atoms with van der Waals surface area (Å²) in [6.45, 7) is 1.29. The highest BCUT2D eigenvalue weighted by Gasteiger charge is 2.12. The fourth-order valence-corrected chi connectivity index (χ4v) is 3.55. The Hall–Kier alpha value is -3.36. The standard InChI is InChI=1S/C24H22N2O2S/c25-15-17-28-22-11-8-21(9-12-22)10-13-24(27)26(19-23-7-4-18-29-23)16-14-20-5-2-1-3-6-20/h1-13,18H,14,16-17,19H2/b13-10+. The van der Waals surface area contributed by atoms with Crippen LogP contribution in [0.25, 0.3) is 6.08 Å². The summed E-state index contributed by atoms with van der Waals surface area (Å²) in [7, 11) is 0. The molecule has 29 heavy (non-hydrogen) atoms. The van der Waals surface area contributed by atoms with E-state index in [9.17, 15) is 4.79 Å². The van der Waals surface area contributed by atoms with E-state index in [-0.39, 0.29) is 12.5 Å². The fourth-order valence-electron chi connectivity index (χ4n) is 2.83. The summed E-state index contributed by atoms with van der Waals surface area (Å²) in [6.07, 6.45) is 4.24. The second-order valence-electron chi connectivity index (χ2n) is 6.42. The van der Waals surface area contributed by atoms with Crippen LogP contribution in [0, 0.1) is 11.3 Å². The summed E-state index contributed by atoms with van der Waals surface area (Å²) in [5, 5.41) is 10.6. The number of ether oxygens (including phenoxy) is 1. The highest BCUT2D eigenvalue weighted by molar-refractivity contribution is 7.09. The molecule has 0 N–H and O–H groups in total. The van der Waals surface area contributed by atoms with E-state index in [0.29, 0.717) is 18.8 Å².